The lowest BCUT2D eigenvalue weighted by molar-refractivity contribution is -0.161. The molecule has 3 aromatic carbocycles. The van der Waals surface area contributed by atoms with E-state index in [0.29, 0.717) is 22.1 Å². The van der Waals surface area contributed by atoms with E-state index in [4.69, 9.17) is 4.74 Å². The molecule has 8 rings (SSSR count). The second kappa shape index (κ2) is 7.91. The Morgan fingerprint density at radius 1 is 0.625 bits per heavy atom. The Hall–Kier alpha value is -5.21. The van der Waals surface area contributed by atoms with Crippen LogP contribution in [-0.4, -0.2) is 49.3 Å². The van der Waals surface area contributed by atoms with Crippen LogP contribution in [0.2, 0.25) is 0 Å². The number of H-pyrrole nitrogens is 3. The Bertz CT molecular complexity index is 2000. The summed E-state index contributed by atoms with van der Waals surface area (Å²) in [7, 11) is 0. The van der Waals surface area contributed by atoms with Crippen LogP contribution in [0.4, 0.5) is 0 Å². The predicted octanol–water partition coefficient (Wildman–Crippen LogP) is 4.63. The van der Waals surface area contributed by atoms with Gasteiger partial charge in [0.1, 0.15) is 0 Å². The Labute approximate surface area is 226 Å². The summed E-state index contributed by atoms with van der Waals surface area (Å²) < 4.78 is 5.75. The Morgan fingerprint density at radius 3 is 1.62 bits per heavy atom. The van der Waals surface area contributed by atoms with E-state index in [1.54, 1.807) is 18.6 Å². The minimum Gasteiger partial charge on any atom is -0.439 e. The number of hydrogen-bond acceptors (Lipinski definition) is 5. The summed E-state index contributed by atoms with van der Waals surface area (Å²) in [5.74, 6) is -3.56. The molecule has 1 aliphatic carbocycles. The first kappa shape index (κ1) is 22.7. The van der Waals surface area contributed by atoms with Crippen molar-refractivity contribution < 1.29 is 24.2 Å². The average Bonchev–Trinajstić information content (AvgIpc) is 3.78. The van der Waals surface area contributed by atoms with Crippen molar-refractivity contribution in [2.24, 2.45) is 0 Å². The Balaban J connectivity index is 1.43. The lowest BCUT2D eigenvalue weighted by atomic mass is 9.76. The van der Waals surface area contributed by atoms with Crippen molar-refractivity contribution >= 4 is 61.4 Å². The number of esters is 1. The number of carbonyl (C=O) groups excluding carboxylic acids is 3. The zero-order valence-electron chi connectivity index (χ0n) is 20.9. The fraction of sp³-hybridized carbons (Fsp3) is 0.0938. The first-order chi connectivity index (χ1) is 19.5. The van der Waals surface area contributed by atoms with E-state index in [0.717, 1.165) is 27.3 Å². The molecule has 40 heavy (non-hydrogen) atoms. The zero-order chi connectivity index (χ0) is 27.2. The van der Waals surface area contributed by atoms with Gasteiger partial charge in [0.15, 0.2) is 6.10 Å². The van der Waals surface area contributed by atoms with Gasteiger partial charge in [-0.2, -0.15) is 0 Å². The topological polar surface area (TPSA) is 128 Å². The number of ether oxygens (including phenoxy) is 1. The third-order valence-corrected chi connectivity index (χ3v) is 8.31. The summed E-state index contributed by atoms with van der Waals surface area (Å²) in [5.41, 5.74) is 1.90. The third-order valence-electron chi connectivity index (χ3n) is 8.31. The predicted molar refractivity (Wildman–Crippen MR) is 149 cm³/mol. The summed E-state index contributed by atoms with van der Waals surface area (Å²) in [5, 5.41) is 13.4. The Kier molecular flexibility index (Phi) is 4.50. The molecule has 1 fully saturated rings. The largest absolute Gasteiger partial charge is 0.439 e. The van der Waals surface area contributed by atoms with Crippen LogP contribution in [0.5, 0.6) is 0 Å². The van der Waals surface area contributed by atoms with E-state index in [-0.39, 0.29) is 11.1 Å². The number of aliphatic hydroxyl groups excluding tert-OH is 1. The molecule has 6 aromatic rings. The average molecular weight is 528 g/mol. The number of carbonyl (C=O) groups is 3. The van der Waals surface area contributed by atoms with E-state index in [1.165, 1.54) is 0 Å². The van der Waals surface area contributed by atoms with Gasteiger partial charge in [0.05, 0.1) is 5.92 Å². The van der Waals surface area contributed by atoms with Gasteiger partial charge < -0.3 is 24.8 Å². The van der Waals surface area contributed by atoms with Crippen molar-refractivity contribution in [2.75, 3.05) is 0 Å². The molecule has 2 aliphatic rings. The molecule has 0 amide bonds. The molecule has 1 spiro atoms. The van der Waals surface area contributed by atoms with E-state index in [1.807, 2.05) is 72.8 Å². The maximum absolute atomic E-state index is 14.8. The summed E-state index contributed by atoms with van der Waals surface area (Å²) in [6.07, 6.45) is 3.33. The van der Waals surface area contributed by atoms with Gasteiger partial charge in [0.25, 0.3) is 0 Å². The molecular formula is C32H21N3O5. The van der Waals surface area contributed by atoms with Crippen molar-refractivity contribution in [3.63, 3.8) is 0 Å². The number of rotatable bonds is 3. The molecule has 1 saturated heterocycles. The minimum atomic E-state index is -2.26. The summed E-state index contributed by atoms with van der Waals surface area (Å²) in [6, 6.07) is 22.3. The van der Waals surface area contributed by atoms with Gasteiger partial charge in [-0.3, -0.25) is 9.59 Å². The summed E-state index contributed by atoms with van der Waals surface area (Å²) in [4.78, 5) is 52.1. The number of Topliss-reactive ketones (excluding diaryl/α,β-unsaturated/α-hetero) is 2. The fourth-order valence-corrected chi connectivity index (χ4v) is 6.53. The van der Waals surface area contributed by atoms with E-state index in [9.17, 15) is 19.5 Å². The summed E-state index contributed by atoms with van der Waals surface area (Å²) >= 11 is 0. The number of aliphatic hydroxyl groups is 1. The molecule has 4 N–H and O–H groups in total. The molecule has 8 nitrogen and oxygen atoms in total. The van der Waals surface area contributed by atoms with Gasteiger partial charge in [-0.05, 0) is 23.8 Å². The monoisotopic (exact) mass is 527 g/mol. The third kappa shape index (κ3) is 2.75. The van der Waals surface area contributed by atoms with Gasteiger partial charge in [-0.15, -0.1) is 0 Å². The maximum Gasteiger partial charge on any atom is 0.337 e. The van der Waals surface area contributed by atoms with Crippen molar-refractivity contribution in [3.05, 3.63) is 108 Å². The molecule has 4 heterocycles. The lowest BCUT2D eigenvalue weighted by Gasteiger charge is -2.27. The van der Waals surface area contributed by atoms with Crippen LogP contribution in [0.15, 0.2) is 91.4 Å². The van der Waals surface area contributed by atoms with Crippen molar-refractivity contribution in [2.45, 2.75) is 17.6 Å². The SMILES string of the molecule is O=C1OC2(C(=O)C(c3c[nH]c4ccccc34)=C(c3c[nH]c4ccccc34)C2=O)C(c2c[nH]c3ccccc23)C1O. The van der Waals surface area contributed by atoms with Crippen LogP contribution in [0.1, 0.15) is 22.6 Å². The number of benzene rings is 3. The van der Waals surface area contributed by atoms with Crippen molar-refractivity contribution in [1.29, 1.82) is 0 Å². The summed E-state index contributed by atoms with van der Waals surface area (Å²) in [6.45, 7) is 0. The quantitative estimate of drug-likeness (QED) is 0.197. The van der Waals surface area contributed by atoms with Crippen LogP contribution in [0.3, 0.4) is 0 Å². The van der Waals surface area contributed by atoms with Gasteiger partial charge in [0.2, 0.25) is 17.2 Å². The van der Waals surface area contributed by atoms with Crippen LogP contribution in [0, 0.1) is 0 Å². The normalized spacial score (nSPS) is 20.6. The van der Waals surface area contributed by atoms with Crippen LogP contribution in [-0.2, 0) is 19.1 Å². The highest BCUT2D eigenvalue weighted by atomic mass is 16.6. The molecule has 0 radical (unpaired) electrons. The zero-order valence-corrected chi connectivity index (χ0v) is 20.9. The van der Waals surface area contributed by atoms with Crippen molar-refractivity contribution in [3.8, 4) is 0 Å². The number of para-hydroxylation sites is 3. The molecule has 0 bridgehead atoms. The number of nitrogens with one attached hydrogen (secondary N) is 3. The molecule has 3 aromatic heterocycles. The number of fused-ring (bicyclic) bond motifs is 3. The second-order valence-electron chi connectivity index (χ2n) is 10.3. The van der Waals surface area contributed by atoms with Crippen LogP contribution in [0.25, 0.3) is 43.9 Å². The standard InChI is InChI=1S/C32H21N3O5/c36-28-27(21-15-35-24-12-6-3-9-18(21)24)32(40-31(28)39)29(37)25(19-13-33-22-10-4-1-7-16(19)22)26(30(32)38)20-14-34-23-11-5-2-8-17(20)23/h1-15,27-28,33-36H. The van der Waals surface area contributed by atoms with E-state index in [2.05, 4.69) is 15.0 Å². The van der Waals surface area contributed by atoms with Crippen LogP contribution >= 0.6 is 0 Å². The molecular weight excluding hydrogens is 506 g/mol. The molecule has 2 atom stereocenters. The molecule has 0 saturated carbocycles. The highest BCUT2D eigenvalue weighted by Gasteiger charge is 2.70. The fourth-order valence-electron chi connectivity index (χ4n) is 6.53. The van der Waals surface area contributed by atoms with Crippen molar-refractivity contribution in [1.82, 2.24) is 15.0 Å². The van der Waals surface area contributed by atoms with E-state index < -0.39 is 35.2 Å². The Morgan fingerprint density at radius 2 is 1.07 bits per heavy atom. The van der Waals surface area contributed by atoms with Gasteiger partial charge in [-0.1, -0.05) is 54.6 Å². The molecule has 2 unspecified atom stereocenters. The smallest absolute Gasteiger partial charge is 0.337 e. The first-order valence-corrected chi connectivity index (χ1v) is 12.9. The minimum absolute atomic E-state index is 0.152. The molecule has 1 aliphatic heterocycles. The molecule has 194 valence electrons. The van der Waals surface area contributed by atoms with Gasteiger partial charge in [0, 0.05) is 73.6 Å². The number of hydrogen-bond donors (Lipinski definition) is 4. The van der Waals surface area contributed by atoms with Gasteiger partial charge >= 0.3 is 5.97 Å². The van der Waals surface area contributed by atoms with Crippen LogP contribution < -0.4 is 0 Å². The number of aromatic nitrogens is 3. The lowest BCUT2D eigenvalue weighted by Crippen LogP contribution is -2.48. The number of ketones is 2. The highest BCUT2D eigenvalue weighted by molar-refractivity contribution is 6.58. The highest BCUT2D eigenvalue weighted by Crippen LogP contribution is 2.54. The maximum atomic E-state index is 14.8. The van der Waals surface area contributed by atoms with E-state index >= 15 is 0 Å². The first-order valence-electron chi connectivity index (χ1n) is 12.9. The van der Waals surface area contributed by atoms with Gasteiger partial charge in [-0.25, -0.2) is 4.79 Å². The molecule has 8 heteroatoms. The second-order valence-corrected chi connectivity index (χ2v) is 10.3. The number of aromatic amines is 3.